The molecule has 0 aliphatic rings. The van der Waals surface area contributed by atoms with Crippen molar-refractivity contribution in [2.24, 2.45) is 5.92 Å². The number of hydrogen-bond donors (Lipinski definition) is 1. The van der Waals surface area contributed by atoms with Gasteiger partial charge in [-0.2, -0.15) is 0 Å². The smallest absolute Gasteiger partial charge is 0.234 e. The number of rotatable bonds is 7. The molecule has 6 heteroatoms. The normalized spacial score (nSPS) is 12.0. The van der Waals surface area contributed by atoms with Crippen molar-refractivity contribution >= 4 is 21.8 Å². The Morgan fingerprint density at radius 3 is 2.10 bits per heavy atom. The molecule has 1 amide bonds. The fourth-order valence-corrected chi connectivity index (χ4v) is 1.98. The molecule has 0 bridgehead atoms. The molecule has 118 valence electrons. The predicted molar refractivity (Wildman–Crippen MR) is 85.5 cm³/mol. The number of alkyl halides is 1. The van der Waals surface area contributed by atoms with Crippen molar-refractivity contribution < 1.29 is 19.0 Å². The number of carbonyl (C=O) groups excluding carboxylic acids is 1. The van der Waals surface area contributed by atoms with E-state index >= 15 is 0 Å². The number of nitrogens with one attached hydrogen (secondary N) is 1. The van der Waals surface area contributed by atoms with Gasteiger partial charge >= 0.3 is 0 Å². The van der Waals surface area contributed by atoms with Crippen molar-refractivity contribution in [1.82, 2.24) is 5.32 Å². The van der Waals surface area contributed by atoms with Crippen LogP contribution < -0.4 is 19.5 Å². The van der Waals surface area contributed by atoms with Gasteiger partial charge in [0.25, 0.3) is 0 Å². The molecule has 0 fully saturated rings. The van der Waals surface area contributed by atoms with Crippen LogP contribution in [0.5, 0.6) is 17.2 Å². The van der Waals surface area contributed by atoms with Crippen LogP contribution in [0, 0.1) is 5.92 Å². The van der Waals surface area contributed by atoms with E-state index in [1.807, 2.05) is 13.8 Å². The van der Waals surface area contributed by atoms with Gasteiger partial charge in [0.05, 0.1) is 26.2 Å². The van der Waals surface area contributed by atoms with Crippen molar-refractivity contribution in [3.8, 4) is 17.2 Å². The van der Waals surface area contributed by atoms with Crippen LogP contribution in [0.2, 0.25) is 0 Å². The highest BCUT2D eigenvalue weighted by Gasteiger charge is 2.19. The fourth-order valence-electron chi connectivity index (χ4n) is 1.81. The molecule has 5 nitrogen and oxygen atoms in total. The summed E-state index contributed by atoms with van der Waals surface area (Å²) in [5.41, 5.74) is 0.826. The van der Waals surface area contributed by atoms with Gasteiger partial charge in [0, 0.05) is 18.2 Å². The molecule has 1 unspecified atom stereocenters. The second kappa shape index (κ2) is 8.12. The first-order valence-corrected chi connectivity index (χ1v) is 7.56. The third kappa shape index (κ3) is 4.52. The summed E-state index contributed by atoms with van der Waals surface area (Å²) in [6, 6.07) is 3.55. The van der Waals surface area contributed by atoms with E-state index in [0.29, 0.717) is 23.8 Å². The Hall–Kier alpha value is -1.43. The van der Waals surface area contributed by atoms with Crippen LogP contribution in [-0.2, 0) is 11.3 Å². The van der Waals surface area contributed by atoms with Gasteiger partial charge in [-0.05, 0) is 12.0 Å². The molecule has 1 rings (SSSR count). The van der Waals surface area contributed by atoms with Crippen LogP contribution in [0.3, 0.4) is 0 Å². The van der Waals surface area contributed by atoms with Crippen LogP contribution in [-0.4, -0.2) is 32.1 Å². The van der Waals surface area contributed by atoms with E-state index in [4.69, 9.17) is 14.2 Å². The van der Waals surface area contributed by atoms with Gasteiger partial charge in [-0.25, -0.2) is 0 Å². The average molecular weight is 360 g/mol. The van der Waals surface area contributed by atoms with Crippen molar-refractivity contribution in [2.45, 2.75) is 25.2 Å². The van der Waals surface area contributed by atoms with Gasteiger partial charge in [-0.3, -0.25) is 4.79 Å². The quantitative estimate of drug-likeness (QED) is 0.760. The highest BCUT2D eigenvalue weighted by molar-refractivity contribution is 9.10. The van der Waals surface area contributed by atoms with Gasteiger partial charge in [0.1, 0.15) is 5.75 Å². The van der Waals surface area contributed by atoms with Crippen molar-refractivity contribution in [1.29, 1.82) is 0 Å². The van der Waals surface area contributed by atoms with Gasteiger partial charge in [0.2, 0.25) is 5.91 Å². The Labute approximate surface area is 134 Å². The highest BCUT2D eigenvalue weighted by atomic mass is 79.9. The first-order valence-electron chi connectivity index (χ1n) is 6.65. The Kier molecular flexibility index (Phi) is 6.81. The lowest BCUT2D eigenvalue weighted by Crippen LogP contribution is -2.33. The predicted octanol–water partition coefficient (Wildman–Crippen LogP) is 2.75. The number of benzene rings is 1. The molecule has 0 saturated heterocycles. The summed E-state index contributed by atoms with van der Waals surface area (Å²) in [5, 5.41) is 2.88. The maximum atomic E-state index is 12.0. The number of hydrogen-bond acceptors (Lipinski definition) is 4. The van der Waals surface area contributed by atoms with E-state index in [2.05, 4.69) is 21.2 Å². The summed E-state index contributed by atoms with van der Waals surface area (Å²) >= 11 is 3.38. The summed E-state index contributed by atoms with van der Waals surface area (Å²) in [7, 11) is 4.71. The molecule has 0 aliphatic heterocycles. The third-order valence-electron chi connectivity index (χ3n) is 3.08. The molecular weight excluding hydrogens is 338 g/mol. The molecule has 0 aromatic heterocycles. The Morgan fingerprint density at radius 1 is 1.10 bits per heavy atom. The summed E-state index contributed by atoms with van der Waals surface area (Å²) < 4.78 is 15.8. The summed E-state index contributed by atoms with van der Waals surface area (Å²) in [4.78, 5) is 11.8. The van der Waals surface area contributed by atoms with Crippen molar-refractivity contribution in [3.63, 3.8) is 0 Å². The fraction of sp³-hybridized carbons (Fsp3) is 0.533. The van der Waals surface area contributed by atoms with Crippen LogP contribution in [0.4, 0.5) is 0 Å². The maximum absolute atomic E-state index is 12.0. The Balaban J connectivity index is 2.90. The summed E-state index contributed by atoms with van der Waals surface area (Å²) in [6.07, 6.45) is 0. The molecule has 1 N–H and O–H groups in total. The topological polar surface area (TPSA) is 56.8 Å². The minimum absolute atomic E-state index is 0.0539. The van der Waals surface area contributed by atoms with Crippen LogP contribution in [0.15, 0.2) is 12.1 Å². The van der Waals surface area contributed by atoms with E-state index in [9.17, 15) is 4.79 Å². The lowest BCUT2D eigenvalue weighted by atomic mass is 10.1. The SMILES string of the molecule is COc1cc(OC)c(OC)cc1CNC(=O)C(Br)C(C)C. The third-order valence-corrected chi connectivity index (χ3v) is 4.55. The van der Waals surface area contributed by atoms with Crippen LogP contribution >= 0.6 is 15.9 Å². The zero-order valence-corrected chi connectivity index (χ0v) is 14.6. The van der Waals surface area contributed by atoms with Gasteiger partial charge < -0.3 is 19.5 Å². The number of carbonyl (C=O) groups is 1. The van der Waals surface area contributed by atoms with E-state index in [-0.39, 0.29) is 16.7 Å². The second-order valence-electron chi connectivity index (χ2n) is 4.88. The average Bonchev–Trinajstić information content (AvgIpc) is 2.50. The number of amides is 1. The summed E-state index contributed by atoms with van der Waals surface area (Å²) in [6.45, 7) is 4.32. The second-order valence-corrected chi connectivity index (χ2v) is 5.87. The van der Waals surface area contributed by atoms with Crippen LogP contribution in [0.25, 0.3) is 0 Å². The van der Waals surface area contributed by atoms with E-state index in [1.165, 1.54) is 0 Å². The number of ether oxygens (including phenoxy) is 3. The Bertz CT molecular complexity index is 491. The molecule has 1 aromatic rings. The minimum Gasteiger partial charge on any atom is -0.496 e. The van der Waals surface area contributed by atoms with Gasteiger partial charge in [0.15, 0.2) is 11.5 Å². The standard InChI is InChI=1S/C15H22BrNO4/c1-9(2)14(16)15(18)17-8-10-6-12(20-4)13(21-5)7-11(10)19-3/h6-7,9,14H,8H2,1-5H3,(H,17,18). The molecule has 0 spiro atoms. The molecular formula is C15H22BrNO4. The van der Waals surface area contributed by atoms with Gasteiger partial charge in [-0.15, -0.1) is 0 Å². The highest BCUT2D eigenvalue weighted by Crippen LogP contribution is 2.34. The summed E-state index contributed by atoms with van der Waals surface area (Å²) in [5.74, 6) is 1.99. The largest absolute Gasteiger partial charge is 0.496 e. The van der Waals surface area contributed by atoms with Crippen molar-refractivity contribution in [2.75, 3.05) is 21.3 Å². The molecule has 0 aliphatic carbocycles. The van der Waals surface area contributed by atoms with E-state index in [1.54, 1.807) is 33.5 Å². The number of methoxy groups -OCH3 is 3. The van der Waals surface area contributed by atoms with Crippen LogP contribution in [0.1, 0.15) is 19.4 Å². The van der Waals surface area contributed by atoms with E-state index in [0.717, 1.165) is 5.56 Å². The minimum atomic E-state index is -0.219. The zero-order chi connectivity index (χ0) is 16.0. The van der Waals surface area contributed by atoms with Crippen molar-refractivity contribution in [3.05, 3.63) is 17.7 Å². The molecule has 0 heterocycles. The maximum Gasteiger partial charge on any atom is 0.234 e. The molecule has 21 heavy (non-hydrogen) atoms. The monoisotopic (exact) mass is 359 g/mol. The number of halogens is 1. The Morgan fingerprint density at radius 2 is 1.62 bits per heavy atom. The molecule has 1 aromatic carbocycles. The lowest BCUT2D eigenvalue weighted by molar-refractivity contribution is -0.121. The molecule has 0 saturated carbocycles. The van der Waals surface area contributed by atoms with E-state index < -0.39 is 0 Å². The molecule has 0 radical (unpaired) electrons. The molecule has 1 atom stereocenters. The first-order chi connectivity index (χ1) is 9.94. The lowest BCUT2D eigenvalue weighted by Gasteiger charge is -2.17. The first kappa shape index (κ1) is 17.6. The van der Waals surface area contributed by atoms with Gasteiger partial charge in [-0.1, -0.05) is 29.8 Å². The zero-order valence-electron chi connectivity index (χ0n) is 13.0.